The Morgan fingerprint density at radius 2 is 1.48 bits per heavy atom. The molecule has 4 aromatic rings. The molecule has 146 valence electrons. The predicted molar refractivity (Wildman–Crippen MR) is 106 cm³/mol. The quantitative estimate of drug-likeness (QED) is 0.423. The van der Waals surface area contributed by atoms with Crippen molar-refractivity contribution in [3.05, 3.63) is 76.6 Å². The van der Waals surface area contributed by atoms with Crippen molar-refractivity contribution < 1.29 is 19.7 Å². The fourth-order valence-corrected chi connectivity index (χ4v) is 4.60. The summed E-state index contributed by atoms with van der Waals surface area (Å²) in [5, 5.41) is 43.1. The molecule has 3 aromatic carbocycles. The molecule has 2 atom stereocenters. The van der Waals surface area contributed by atoms with E-state index < -0.39 is 17.2 Å². The molecule has 2 N–H and O–H groups in total. The van der Waals surface area contributed by atoms with Crippen LogP contribution in [-0.4, -0.2) is 26.0 Å². The molecule has 31 heavy (non-hydrogen) atoms. The van der Waals surface area contributed by atoms with Gasteiger partial charge in [-0.1, -0.05) is 48.5 Å². The third-order valence-electron chi connectivity index (χ3n) is 5.97. The average Bonchev–Trinajstić information content (AvgIpc) is 3.15. The highest BCUT2D eigenvalue weighted by atomic mass is 16.7. The topological polar surface area (TPSA) is 140 Å². The van der Waals surface area contributed by atoms with E-state index >= 15 is 0 Å². The van der Waals surface area contributed by atoms with Crippen molar-refractivity contribution in [2.45, 2.75) is 11.4 Å². The number of nitrogens with zero attached hydrogens (tertiary/aromatic N) is 4. The zero-order chi connectivity index (χ0) is 21.5. The molecular weight excluding hydrogens is 396 g/mol. The molecule has 2 heterocycles. The zero-order valence-electron chi connectivity index (χ0n) is 15.6. The Bertz CT molecular complexity index is 1600. The summed E-state index contributed by atoms with van der Waals surface area (Å²) in [6.45, 7) is 0. The van der Waals surface area contributed by atoms with Crippen LogP contribution in [0.4, 0.5) is 0 Å². The molecule has 0 amide bonds. The predicted octanol–water partition coefficient (Wildman–Crippen LogP) is 2.15. The smallest absolute Gasteiger partial charge is 0.276 e. The zero-order valence-corrected chi connectivity index (χ0v) is 15.6. The molecule has 1 aliphatic carbocycles. The number of hydrogen-bond acceptors (Lipinski definition) is 8. The van der Waals surface area contributed by atoms with E-state index in [0.717, 1.165) is 0 Å². The minimum Gasteiger partial charge on any atom is -0.453 e. The molecule has 6 rings (SSSR count). The summed E-state index contributed by atoms with van der Waals surface area (Å²) in [5.74, 6) is -3.04. The lowest BCUT2D eigenvalue weighted by Gasteiger charge is -2.28. The Labute approximate surface area is 174 Å². The number of aromatic nitrogens is 2. The summed E-state index contributed by atoms with van der Waals surface area (Å²) in [5.41, 5.74) is -2.50. The summed E-state index contributed by atoms with van der Waals surface area (Å²) in [6.07, 6.45) is 0. The molecule has 0 saturated heterocycles. The highest BCUT2D eigenvalue weighted by Crippen LogP contribution is 2.61. The van der Waals surface area contributed by atoms with Gasteiger partial charge in [-0.3, -0.25) is 4.79 Å². The number of ketones is 1. The van der Waals surface area contributed by atoms with E-state index in [2.05, 4.69) is 9.97 Å². The SMILES string of the molecule is N#Cc1nc2c3c(c4ccccc4c2nc1C#N)OC1(O)c2ccccc2C(=O)C31O. The summed E-state index contributed by atoms with van der Waals surface area (Å²) >= 11 is 0. The Morgan fingerprint density at radius 3 is 2.19 bits per heavy atom. The Morgan fingerprint density at radius 1 is 0.871 bits per heavy atom. The maximum Gasteiger partial charge on any atom is 0.276 e. The van der Waals surface area contributed by atoms with Gasteiger partial charge in [0.25, 0.3) is 5.79 Å². The van der Waals surface area contributed by atoms with Crippen molar-refractivity contribution >= 4 is 27.6 Å². The first-order valence-corrected chi connectivity index (χ1v) is 9.31. The lowest BCUT2D eigenvalue weighted by Crippen LogP contribution is -2.48. The molecule has 0 bridgehead atoms. The van der Waals surface area contributed by atoms with E-state index in [-0.39, 0.29) is 44.9 Å². The number of ether oxygens (including phenoxy) is 1. The van der Waals surface area contributed by atoms with Crippen LogP contribution in [0.25, 0.3) is 21.8 Å². The van der Waals surface area contributed by atoms with Crippen LogP contribution in [0.15, 0.2) is 48.5 Å². The van der Waals surface area contributed by atoms with Crippen molar-refractivity contribution in [2.75, 3.05) is 0 Å². The average molecular weight is 406 g/mol. The van der Waals surface area contributed by atoms with Gasteiger partial charge in [-0.2, -0.15) is 10.5 Å². The molecule has 2 aliphatic rings. The fourth-order valence-electron chi connectivity index (χ4n) is 4.60. The third kappa shape index (κ3) is 1.78. The normalized spacial score (nSPS) is 23.0. The van der Waals surface area contributed by atoms with Crippen LogP contribution >= 0.6 is 0 Å². The number of carbonyl (C=O) groups excluding carboxylic acids is 1. The first kappa shape index (κ1) is 17.5. The van der Waals surface area contributed by atoms with E-state index in [1.54, 1.807) is 36.4 Å². The molecule has 2 unspecified atom stereocenters. The first-order valence-electron chi connectivity index (χ1n) is 9.31. The van der Waals surface area contributed by atoms with Gasteiger partial charge < -0.3 is 14.9 Å². The number of aliphatic hydroxyl groups is 2. The van der Waals surface area contributed by atoms with E-state index in [4.69, 9.17) is 4.74 Å². The van der Waals surface area contributed by atoms with Crippen molar-refractivity contribution in [3.63, 3.8) is 0 Å². The number of Topliss-reactive ketones (excluding diaryl/α,β-unsaturated/α-hetero) is 1. The van der Waals surface area contributed by atoms with Crippen LogP contribution in [0.3, 0.4) is 0 Å². The van der Waals surface area contributed by atoms with E-state index in [9.17, 15) is 25.5 Å². The molecule has 1 aliphatic heterocycles. The lowest BCUT2D eigenvalue weighted by atomic mass is 9.85. The second kappa shape index (κ2) is 5.41. The van der Waals surface area contributed by atoms with E-state index in [0.29, 0.717) is 10.8 Å². The van der Waals surface area contributed by atoms with Crippen LogP contribution in [0.5, 0.6) is 5.75 Å². The Kier molecular flexibility index (Phi) is 3.05. The molecule has 0 spiro atoms. The number of fused-ring (bicyclic) bond motifs is 10. The summed E-state index contributed by atoms with van der Waals surface area (Å²) in [6, 6.07) is 16.8. The minimum absolute atomic E-state index is 0.0174. The second-order valence-electron chi connectivity index (χ2n) is 7.42. The largest absolute Gasteiger partial charge is 0.453 e. The Hall–Kier alpha value is -4.37. The van der Waals surface area contributed by atoms with Crippen molar-refractivity contribution in [1.82, 2.24) is 9.97 Å². The van der Waals surface area contributed by atoms with Gasteiger partial charge >= 0.3 is 0 Å². The lowest BCUT2D eigenvalue weighted by molar-refractivity contribution is -0.224. The molecule has 0 fully saturated rings. The maximum atomic E-state index is 13.4. The number of benzene rings is 3. The molecule has 1 aromatic heterocycles. The van der Waals surface area contributed by atoms with Gasteiger partial charge in [0.15, 0.2) is 11.4 Å². The van der Waals surface area contributed by atoms with Gasteiger partial charge in [0, 0.05) is 21.9 Å². The van der Waals surface area contributed by atoms with Gasteiger partial charge in [-0.25, -0.2) is 9.97 Å². The number of carbonyl (C=O) groups is 1. The van der Waals surface area contributed by atoms with Crippen LogP contribution in [0.2, 0.25) is 0 Å². The monoisotopic (exact) mass is 406 g/mol. The number of hydrogen-bond donors (Lipinski definition) is 2. The van der Waals surface area contributed by atoms with E-state index in [1.165, 1.54) is 12.1 Å². The van der Waals surface area contributed by atoms with Crippen LogP contribution in [0, 0.1) is 22.7 Å². The van der Waals surface area contributed by atoms with Gasteiger partial charge in [-0.05, 0) is 0 Å². The third-order valence-corrected chi connectivity index (χ3v) is 5.97. The van der Waals surface area contributed by atoms with Gasteiger partial charge in [0.05, 0.1) is 11.1 Å². The molecule has 8 heteroatoms. The highest BCUT2D eigenvalue weighted by Gasteiger charge is 2.71. The number of nitriles is 2. The van der Waals surface area contributed by atoms with Crippen LogP contribution in [0.1, 0.15) is 32.9 Å². The van der Waals surface area contributed by atoms with Gasteiger partial charge in [0.1, 0.15) is 23.4 Å². The second-order valence-corrected chi connectivity index (χ2v) is 7.42. The van der Waals surface area contributed by atoms with Crippen LogP contribution in [-0.2, 0) is 11.4 Å². The molecular formula is C23H10N4O4. The first-order chi connectivity index (χ1) is 15.0. The molecule has 8 nitrogen and oxygen atoms in total. The standard InChI is InChI=1S/C23H10N4O4/c24-9-15-16(10-25)27-19-17-20(12-6-2-1-5-11(12)18(19)26-15)31-23(30)14-8-4-3-7-13(14)21(28)22(17,23)29/h1-8,29-30H. The maximum absolute atomic E-state index is 13.4. The Balaban J connectivity index is 1.85. The fraction of sp³-hybridized carbons (Fsp3) is 0.0870. The molecule has 0 radical (unpaired) electrons. The highest BCUT2D eigenvalue weighted by molar-refractivity contribution is 6.16. The summed E-state index contributed by atoms with van der Waals surface area (Å²) < 4.78 is 5.94. The van der Waals surface area contributed by atoms with Crippen molar-refractivity contribution in [2.24, 2.45) is 0 Å². The summed E-state index contributed by atoms with van der Waals surface area (Å²) in [7, 11) is 0. The van der Waals surface area contributed by atoms with E-state index in [1.807, 2.05) is 12.1 Å². The number of rotatable bonds is 0. The molecule has 0 saturated carbocycles. The van der Waals surface area contributed by atoms with Crippen LogP contribution < -0.4 is 4.74 Å². The van der Waals surface area contributed by atoms with Gasteiger partial charge in [0.2, 0.25) is 11.4 Å². The van der Waals surface area contributed by atoms with Crippen molar-refractivity contribution in [1.29, 1.82) is 10.5 Å². The van der Waals surface area contributed by atoms with Gasteiger partial charge in [-0.15, -0.1) is 0 Å². The van der Waals surface area contributed by atoms with Crippen molar-refractivity contribution in [3.8, 4) is 17.9 Å². The summed E-state index contributed by atoms with van der Waals surface area (Å²) in [4.78, 5) is 21.9. The minimum atomic E-state index is -2.50.